The lowest BCUT2D eigenvalue weighted by molar-refractivity contribution is 0.0111. The van der Waals surface area contributed by atoms with E-state index in [4.69, 9.17) is 84.0 Å². The van der Waals surface area contributed by atoms with Crippen LogP contribution in [0.3, 0.4) is 0 Å². The number of ether oxygens (including phenoxy) is 8. The van der Waals surface area contributed by atoms with Gasteiger partial charge in [0.1, 0.15) is 0 Å². The van der Waals surface area contributed by atoms with Crippen molar-refractivity contribution >= 4 is 92.3 Å². The summed E-state index contributed by atoms with van der Waals surface area (Å²) in [5.41, 5.74) is 29.3. The molecule has 0 spiro atoms. The summed E-state index contributed by atoms with van der Waals surface area (Å²) in [6, 6.07) is 26.9. The van der Waals surface area contributed by atoms with Crippen molar-refractivity contribution in [2.45, 2.75) is 0 Å². The van der Waals surface area contributed by atoms with E-state index in [1.807, 2.05) is 48.5 Å². The second-order valence-corrected chi connectivity index (χ2v) is 22.0. The molecule has 8 rings (SSSR count). The number of fused-ring (bicyclic) bond motifs is 2. The number of nitrogens with zero attached hydrogens (tertiary/aromatic N) is 10. The first-order valence-corrected chi connectivity index (χ1v) is 31.6. The fourth-order valence-corrected chi connectivity index (χ4v) is 10.3. The van der Waals surface area contributed by atoms with Gasteiger partial charge in [0.2, 0.25) is 0 Å². The van der Waals surface area contributed by atoms with Crippen LogP contribution in [0.2, 0.25) is 10.0 Å². The van der Waals surface area contributed by atoms with Crippen LogP contribution in [0.1, 0.15) is 0 Å². The molecular weight excluding hydrogens is 1230 g/mol. The molecule has 2 aromatic heterocycles. The Labute approximate surface area is 545 Å². The van der Waals surface area contributed by atoms with E-state index in [2.05, 4.69) is 95.1 Å². The predicted molar refractivity (Wildman–Crippen MR) is 358 cm³/mol. The number of rotatable bonds is 39. The highest BCUT2D eigenvalue weighted by molar-refractivity contribution is 6.31. The van der Waals surface area contributed by atoms with E-state index in [-0.39, 0.29) is 35.9 Å². The zero-order chi connectivity index (χ0) is 64.5. The number of hydrogen-bond acceptors (Lipinski definition) is 20. The van der Waals surface area contributed by atoms with Gasteiger partial charge >= 0.3 is 12.1 Å². The van der Waals surface area contributed by atoms with Crippen LogP contribution in [0.5, 0.6) is 0 Å². The Hall–Kier alpha value is -7.58. The van der Waals surface area contributed by atoms with Gasteiger partial charge in [0.05, 0.1) is 128 Å². The molecule has 30 heteroatoms. The van der Waals surface area contributed by atoms with E-state index in [9.17, 15) is 9.59 Å². The highest BCUT2D eigenvalue weighted by Crippen LogP contribution is 2.33. The van der Waals surface area contributed by atoms with Crippen LogP contribution >= 0.6 is 23.2 Å². The number of guanidine groups is 2. The Morgan fingerprint density at radius 2 is 0.707 bits per heavy atom. The largest absolute Gasteiger partial charge is 0.378 e. The first kappa shape index (κ1) is 70.3. The lowest BCUT2D eigenvalue weighted by Crippen LogP contribution is -2.47. The number of carbonyl (C=O) groups is 2. The molecule has 498 valence electrons. The maximum absolute atomic E-state index is 12.1. The monoisotopic (exact) mass is 1310 g/mol. The van der Waals surface area contributed by atoms with E-state index in [0.29, 0.717) is 164 Å². The molecule has 0 bridgehead atoms. The van der Waals surface area contributed by atoms with Crippen LogP contribution in [0.25, 0.3) is 44.3 Å². The third-order valence-electron chi connectivity index (χ3n) is 14.6. The van der Waals surface area contributed by atoms with E-state index < -0.39 is 0 Å². The average Bonchev–Trinajstić information content (AvgIpc) is 0.805. The number of aliphatic imine (C=N–C) groups is 2. The molecule has 0 radical (unpaired) electrons. The summed E-state index contributed by atoms with van der Waals surface area (Å²) in [6.45, 7) is 17.4. The van der Waals surface area contributed by atoms with Crippen LogP contribution in [0, 0.1) is 0 Å². The summed E-state index contributed by atoms with van der Waals surface area (Å²) in [5.74, 6) is 0.156. The zero-order valence-electron chi connectivity index (χ0n) is 51.9. The van der Waals surface area contributed by atoms with E-state index in [0.717, 1.165) is 98.7 Å². The highest BCUT2D eigenvalue weighted by Gasteiger charge is 2.20. The molecule has 0 atom stereocenters. The number of nitrogens with one attached hydrogen (secondary N) is 4. The van der Waals surface area contributed by atoms with Crippen molar-refractivity contribution in [1.29, 1.82) is 0 Å². The number of hydrogen-bond donors (Lipinski definition) is 8. The molecular formula is C62H86Cl2N18O10. The molecule has 4 aromatic carbocycles. The molecule has 92 heavy (non-hydrogen) atoms. The van der Waals surface area contributed by atoms with Crippen molar-refractivity contribution in [3.05, 3.63) is 95.0 Å². The van der Waals surface area contributed by atoms with Crippen LogP contribution in [-0.4, -0.2) is 251 Å². The minimum absolute atomic E-state index is 0.112. The first-order chi connectivity index (χ1) is 44.9. The lowest BCUT2D eigenvalue weighted by atomic mass is 10.1. The quantitative estimate of drug-likeness (QED) is 0.0155. The van der Waals surface area contributed by atoms with Crippen molar-refractivity contribution in [3.8, 4) is 22.5 Å². The molecule has 12 N–H and O–H groups in total. The number of nitrogens with two attached hydrogens (primary N) is 4. The standard InChI is InChI=1S/C62H86Cl2N18O10/c63-47-5-11-53-51(43-47)55(75-59(73-53)77-57(65)66)45-1-7-49(8-2-45)81-21-17-79(18-22-81)25-31-89-37-41-91-39-35-87-29-15-71-61(83)69-13-27-85-33-34-86-28-14-70-62(84)72-16-30-88-36-40-92-42-38-90-32-26-80-19-23-82(24-20-80)50-9-3-46(4-10-50)56-52-44-48(64)6-12-54(52)74-60(76-56)78-58(67)68/h1-12,43-44H,13-42H2,(H2,69,71,83)(H2,70,72,84)(H4,65,66,73,75,77)(H4,67,68,74,76,78). The van der Waals surface area contributed by atoms with Crippen LogP contribution in [-0.2, 0) is 37.9 Å². The number of benzene rings is 4. The lowest BCUT2D eigenvalue weighted by Gasteiger charge is -2.36. The fraction of sp³-hybridized carbons (Fsp3) is 0.484. The Morgan fingerprint density at radius 3 is 1.02 bits per heavy atom. The fourth-order valence-electron chi connectivity index (χ4n) is 9.93. The summed E-state index contributed by atoms with van der Waals surface area (Å²) in [7, 11) is 0. The molecule has 0 saturated carbocycles. The van der Waals surface area contributed by atoms with Gasteiger partial charge in [-0.1, -0.05) is 47.5 Å². The van der Waals surface area contributed by atoms with Crippen molar-refractivity contribution in [3.63, 3.8) is 0 Å². The van der Waals surface area contributed by atoms with Gasteiger partial charge in [0, 0.05) is 135 Å². The molecule has 2 aliphatic rings. The van der Waals surface area contributed by atoms with Crippen molar-refractivity contribution in [2.24, 2.45) is 32.9 Å². The number of halogens is 2. The van der Waals surface area contributed by atoms with Gasteiger partial charge in [-0.15, -0.1) is 0 Å². The summed E-state index contributed by atoms with van der Waals surface area (Å²) >= 11 is 12.6. The molecule has 6 aromatic rings. The molecule has 4 heterocycles. The summed E-state index contributed by atoms with van der Waals surface area (Å²) in [4.78, 5) is 60.0. The van der Waals surface area contributed by atoms with Gasteiger partial charge in [-0.2, -0.15) is 9.98 Å². The topological polar surface area (TPSA) is 349 Å². The summed E-state index contributed by atoms with van der Waals surface area (Å²) < 4.78 is 45.1. The highest BCUT2D eigenvalue weighted by atomic mass is 35.5. The first-order valence-electron chi connectivity index (χ1n) is 30.9. The Morgan fingerprint density at radius 1 is 0.402 bits per heavy atom. The normalized spacial score (nSPS) is 13.8. The number of anilines is 2. The average molecular weight is 1310 g/mol. The molecule has 2 saturated heterocycles. The molecule has 2 fully saturated rings. The van der Waals surface area contributed by atoms with Crippen molar-refractivity contribution in [1.82, 2.24) is 51.0 Å². The van der Waals surface area contributed by atoms with Crippen molar-refractivity contribution in [2.75, 3.05) is 207 Å². The Bertz CT molecular complexity index is 3050. The Kier molecular flexibility index (Phi) is 29.9. The van der Waals surface area contributed by atoms with Gasteiger partial charge in [-0.3, -0.25) is 9.80 Å². The Balaban J connectivity index is 0.516. The van der Waals surface area contributed by atoms with Gasteiger partial charge in [0.25, 0.3) is 11.9 Å². The summed E-state index contributed by atoms with van der Waals surface area (Å²) in [6.07, 6.45) is 0. The summed E-state index contributed by atoms with van der Waals surface area (Å²) in [5, 5.41) is 13.8. The number of piperazine rings is 2. The minimum Gasteiger partial charge on any atom is -0.378 e. The van der Waals surface area contributed by atoms with Crippen LogP contribution in [0.15, 0.2) is 94.9 Å². The molecule has 2 aliphatic heterocycles. The second-order valence-electron chi connectivity index (χ2n) is 21.2. The third kappa shape index (κ3) is 24.5. The van der Waals surface area contributed by atoms with Crippen LogP contribution in [0.4, 0.5) is 32.9 Å². The predicted octanol–water partition coefficient (Wildman–Crippen LogP) is 3.70. The molecule has 0 aliphatic carbocycles. The van der Waals surface area contributed by atoms with Crippen molar-refractivity contribution < 1.29 is 47.5 Å². The second kappa shape index (κ2) is 39.1. The van der Waals surface area contributed by atoms with E-state index >= 15 is 0 Å². The van der Waals surface area contributed by atoms with E-state index in [1.54, 1.807) is 12.1 Å². The third-order valence-corrected chi connectivity index (χ3v) is 15.1. The smallest absolute Gasteiger partial charge is 0.314 e. The number of carbonyl (C=O) groups excluding carboxylic acids is 2. The van der Waals surface area contributed by atoms with E-state index in [1.165, 1.54) is 0 Å². The van der Waals surface area contributed by atoms with Gasteiger partial charge < -0.3 is 91.9 Å². The number of urea groups is 2. The van der Waals surface area contributed by atoms with Gasteiger partial charge in [0.15, 0.2) is 11.9 Å². The molecule has 28 nitrogen and oxygen atoms in total. The van der Waals surface area contributed by atoms with Gasteiger partial charge in [-0.05, 0) is 60.7 Å². The number of aromatic nitrogens is 4. The minimum atomic E-state index is -0.307. The zero-order valence-corrected chi connectivity index (χ0v) is 53.4. The molecule has 0 unspecified atom stereocenters. The molecule has 4 amide bonds. The van der Waals surface area contributed by atoms with Gasteiger partial charge in [-0.25, -0.2) is 29.5 Å². The number of amides is 4. The maximum Gasteiger partial charge on any atom is 0.314 e. The SMILES string of the molecule is NC(N)=Nc1nc(-c2ccc(N3CCN(CCOCCOCCOCCNC(=O)NCCOCCOCCNC(=O)NCCOCCOCCOCCN4CCN(c5ccc(-c6nc(N=C(N)N)nc7ccc(Cl)cc67)cc5)CC4)CC3)cc2)c2cc(Cl)ccc2n1. The van der Waals surface area contributed by atoms with Crippen LogP contribution < -0.4 is 54.0 Å². The maximum atomic E-state index is 12.1.